The summed E-state index contributed by atoms with van der Waals surface area (Å²) in [5.74, 6) is 0.638. The predicted octanol–water partition coefficient (Wildman–Crippen LogP) is 2.88. The van der Waals surface area contributed by atoms with Gasteiger partial charge in [0.1, 0.15) is 5.65 Å². The molecule has 0 aromatic carbocycles. The van der Waals surface area contributed by atoms with Gasteiger partial charge in [-0.25, -0.2) is 14.5 Å². The van der Waals surface area contributed by atoms with Crippen molar-refractivity contribution in [2.75, 3.05) is 5.32 Å². The molecule has 7 heteroatoms. The molecule has 4 aromatic heterocycles. The molecule has 0 aliphatic rings. The zero-order valence-corrected chi connectivity index (χ0v) is 13.0. The van der Waals surface area contributed by atoms with E-state index in [1.807, 2.05) is 30.7 Å². The minimum absolute atomic E-state index is 0.341. The maximum absolute atomic E-state index is 4.62. The van der Waals surface area contributed by atoms with Crippen molar-refractivity contribution >= 4 is 22.6 Å². The molecule has 23 heavy (non-hydrogen) atoms. The quantitative estimate of drug-likeness (QED) is 0.605. The van der Waals surface area contributed by atoms with Crippen molar-refractivity contribution in [1.29, 1.82) is 0 Å². The molecule has 0 radical (unpaired) electrons. The second kappa shape index (κ2) is 5.35. The average molecular weight is 307 g/mol. The van der Waals surface area contributed by atoms with Gasteiger partial charge in [0.2, 0.25) is 5.95 Å². The first-order valence-electron chi connectivity index (χ1n) is 7.66. The fourth-order valence-electron chi connectivity index (χ4n) is 2.47. The smallest absolute Gasteiger partial charge is 0.224 e. The standard InChI is InChI=1S/C16H17N7/c1-3-10(2)20-16-18-9-12-11(8-17-15(12)22-16)13-5-7-23-14(21-13)4-6-19-23/h4-10H,3H2,1-2H3,(H2,17,18,20,22). The van der Waals surface area contributed by atoms with Gasteiger partial charge in [-0.05, 0) is 19.4 Å². The van der Waals surface area contributed by atoms with Crippen LogP contribution in [0.4, 0.5) is 5.95 Å². The molecule has 0 saturated carbocycles. The van der Waals surface area contributed by atoms with Crippen LogP contribution >= 0.6 is 0 Å². The number of aromatic nitrogens is 6. The van der Waals surface area contributed by atoms with Crippen LogP contribution in [-0.2, 0) is 0 Å². The number of hydrogen-bond acceptors (Lipinski definition) is 5. The Morgan fingerprint density at radius 2 is 2.22 bits per heavy atom. The second-order valence-corrected chi connectivity index (χ2v) is 5.56. The van der Waals surface area contributed by atoms with E-state index in [1.165, 1.54) is 0 Å². The summed E-state index contributed by atoms with van der Waals surface area (Å²) in [6, 6.07) is 4.16. The fraction of sp³-hybridized carbons (Fsp3) is 0.250. The Kier molecular flexibility index (Phi) is 3.18. The van der Waals surface area contributed by atoms with Crippen LogP contribution in [0.3, 0.4) is 0 Å². The predicted molar refractivity (Wildman–Crippen MR) is 89.2 cm³/mol. The van der Waals surface area contributed by atoms with E-state index in [9.17, 15) is 0 Å². The van der Waals surface area contributed by atoms with Crippen molar-refractivity contribution in [1.82, 2.24) is 29.5 Å². The highest BCUT2D eigenvalue weighted by atomic mass is 15.2. The zero-order valence-electron chi connectivity index (χ0n) is 13.0. The molecule has 2 N–H and O–H groups in total. The minimum Gasteiger partial charge on any atom is -0.352 e. The van der Waals surface area contributed by atoms with Gasteiger partial charge in [-0.1, -0.05) is 6.92 Å². The molecule has 0 aliphatic carbocycles. The highest BCUT2D eigenvalue weighted by Crippen LogP contribution is 2.26. The molecule has 1 atom stereocenters. The van der Waals surface area contributed by atoms with Crippen LogP contribution in [0.5, 0.6) is 0 Å². The van der Waals surface area contributed by atoms with E-state index in [0.717, 1.165) is 34.4 Å². The highest BCUT2D eigenvalue weighted by molar-refractivity contribution is 5.92. The molecule has 116 valence electrons. The highest BCUT2D eigenvalue weighted by Gasteiger charge is 2.11. The molecule has 0 fully saturated rings. The van der Waals surface area contributed by atoms with Gasteiger partial charge in [-0.15, -0.1) is 0 Å². The normalized spacial score (nSPS) is 12.8. The first-order chi connectivity index (χ1) is 11.2. The van der Waals surface area contributed by atoms with E-state index in [1.54, 1.807) is 10.7 Å². The Balaban J connectivity index is 1.75. The Hall–Kier alpha value is -2.96. The molecule has 0 spiro atoms. The van der Waals surface area contributed by atoms with Crippen LogP contribution in [0.2, 0.25) is 0 Å². The summed E-state index contributed by atoms with van der Waals surface area (Å²) in [5.41, 5.74) is 3.47. The minimum atomic E-state index is 0.341. The van der Waals surface area contributed by atoms with Crippen LogP contribution < -0.4 is 5.32 Å². The molecule has 7 nitrogen and oxygen atoms in total. The zero-order chi connectivity index (χ0) is 15.8. The van der Waals surface area contributed by atoms with E-state index >= 15 is 0 Å². The van der Waals surface area contributed by atoms with Crippen LogP contribution in [0.1, 0.15) is 20.3 Å². The first kappa shape index (κ1) is 13.7. The van der Waals surface area contributed by atoms with E-state index in [4.69, 9.17) is 0 Å². The molecule has 4 rings (SSSR count). The number of aromatic amines is 1. The molecule has 4 aromatic rings. The summed E-state index contributed by atoms with van der Waals surface area (Å²) in [6.07, 6.45) is 8.41. The van der Waals surface area contributed by atoms with E-state index in [2.05, 4.69) is 44.2 Å². The maximum Gasteiger partial charge on any atom is 0.224 e. The summed E-state index contributed by atoms with van der Waals surface area (Å²) in [6.45, 7) is 4.24. The third-order valence-electron chi connectivity index (χ3n) is 3.95. The van der Waals surface area contributed by atoms with Crippen molar-refractivity contribution in [3.05, 3.63) is 36.9 Å². The summed E-state index contributed by atoms with van der Waals surface area (Å²) in [7, 11) is 0. The first-order valence-corrected chi connectivity index (χ1v) is 7.66. The number of nitrogens with one attached hydrogen (secondary N) is 2. The third kappa shape index (κ3) is 2.40. The SMILES string of the molecule is CCC(C)Nc1ncc2c(-c3ccn4nccc4n3)c[nH]c2n1. The molecule has 0 amide bonds. The van der Waals surface area contributed by atoms with E-state index < -0.39 is 0 Å². The third-order valence-corrected chi connectivity index (χ3v) is 3.95. The van der Waals surface area contributed by atoms with Crippen LogP contribution in [0.25, 0.3) is 27.9 Å². The van der Waals surface area contributed by atoms with Gasteiger partial charge in [0.15, 0.2) is 5.65 Å². The van der Waals surface area contributed by atoms with Gasteiger partial charge >= 0.3 is 0 Å². The van der Waals surface area contributed by atoms with Crippen LogP contribution in [-0.4, -0.2) is 35.6 Å². The van der Waals surface area contributed by atoms with Crippen molar-refractivity contribution in [3.8, 4) is 11.3 Å². The molecule has 1 unspecified atom stereocenters. The summed E-state index contributed by atoms with van der Waals surface area (Å²) in [5, 5.41) is 8.40. The molecule has 0 aliphatic heterocycles. The summed E-state index contributed by atoms with van der Waals surface area (Å²) < 4.78 is 1.74. The number of H-pyrrole nitrogens is 1. The lowest BCUT2D eigenvalue weighted by Gasteiger charge is -2.10. The Bertz CT molecular complexity index is 969. The number of rotatable bonds is 4. The summed E-state index contributed by atoms with van der Waals surface area (Å²) in [4.78, 5) is 16.8. The summed E-state index contributed by atoms with van der Waals surface area (Å²) >= 11 is 0. The Labute approximate surface area is 132 Å². The fourth-order valence-corrected chi connectivity index (χ4v) is 2.47. The van der Waals surface area contributed by atoms with E-state index in [0.29, 0.717) is 12.0 Å². The van der Waals surface area contributed by atoms with Crippen LogP contribution in [0.15, 0.2) is 36.9 Å². The van der Waals surface area contributed by atoms with Gasteiger partial charge < -0.3 is 10.3 Å². The van der Waals surface area contributed by atoms with Gasteiger partial charge in [0.05, 0.1) is 11.9 Å². The van der Waals surface area contributed by atoms with Crippen LogP contribution in [0, 0.1) is 0 Å². The Morgan fingerprint density at radius 3 is 3.09 bits per heavy atom. The molecular formula is C16H17N7. The lowest BCUT2D eigenvalue weighted by atomic mass is 10.2. The number of fused-ring (bicyclic) bond motifs is 2. The van der Waals surface area contributed by atoms with Gasteiger partial charge in [-0.3, -0.25) is 0 Å². The number of nitrogens with zero attached hydrogens (tertiary/aromatic N) is 5. The topological polar surface area (TPSA) is 83.8 Å². The Morgan fingerprint density at radius 1 is 1.30 bits per heavy atom. The molecule has 0 saturated heterocycles. The average Bonchev–Trinajstić information content (AvgIpc) is 3.19. The van der Waals surface area contributed by atoms with Gasteiger partial charge in [0.25, 0.3) is 0 Å². The second-order valence-electron chi connectivity index (χ2n) is 5.56. The van der Waals surface area contributed by atoms with Crippen molar-refractivity contribution < 1.29 is 0 Å². The lowest BCUT2D eigenvalue weighted by molar-refractivity contribution is 0.754. The number of hydrogen-bond donors (Lipinski definition) is 2. The van der Waals surface area contributed by atoms with Crippen molar-refractivity contribution in [2.24, 2.45) is 0 Å². The maximum atomic E-state index is 4.62. The molecule has 4 heterocycles. The molecular weight excluding hydrogens is 290 g/mol. The number of anilines is 1. The lowest BCUT2D eigenvalue weighted by Crippen LogP contribution is -2.15. The van der Waals surface area contributed by atoms with Gasteiger partial charge in [-0.2, -0.15) is 10.1 Å². The van der Waals surface area contributed by atoms with Crippen molar-refractivity contribution in [2.45, 2.75) is 26.3 Å². The monoisotopic (exact) mass is 307 g/mol. The van der Waals surface area contributed by atoms with Crippen molar-refractivity contribution in [3.63, 3.8) is 0 Å². The van der Waals surface area contributed by atoms with E-state index in [-0.39, 0.29) is 0 Å². The van der Waals surface area contributed by atoms with Gasteiger partial charge in [0, 0.05) is 41.6 Å². The largest absolute Gasteiger partial charge is 0.352 e. The molecule has 0 bridgehead atoms.